The van der Waals surface area contributed by atoms with Crippen LogP contribution in [0, 0.1) is 6.92 Å². The predicted molar refractivity (Wildman–Crippen MR) is 97.2 cm³/mol. The van der Waals surface area contributed by atoms with Crippen LogP contribution in [0.2, 0.25) is 0 Å². The molecule has 7 heteroatoms. The number of ether oxygens (including phenoxy) is 1. The molecule has 6 nitrogen and oxygen atoms in total. The van der Waals surface area contributed by atoms with Crippen molar-refractivity contribution in [2.75, 3.05) is 32.1 Å². The molecule has 0 unspecified atom stereocenters. The number of quaternary nitrogens is 1. The summed E-state index contributed by atoms with van der Waals surface area (Å²) in [5, 5.41) is 14.4. The molecule has 1 saturated heterocycles. The Kier molecular flexibility index (Phi) is 5.36. The molecule has 3 N–H and O–H groups in total. The maximum atomic E-state index is 12.2. The van der Waals surface area contributed by atoms with E-state index in [1.54, 1.807) is 13.3 Å². The number of aromatic nitrogens is 1. The maximum absolute atomic E-state index is 12.2. The Morgan fingerprint density at radius 2 is 2.04 bits per heavy atom. The Bertz CT molecular complexity index is 721. The molecule has 2 heterocycles. The minimum atomic E-state index is -0.821. The fourth-order valence-corrected chi connectivity index (χ4v) is 3.87. The van der Waals surface area contributed by atoms with Gasteiger partial charge >= 0.3 is 0 Å². The van der Waals surface area contributed by atoms with E-state index in [1.807, 2.05) is 31.2 Å². The first-order valence-electron chi connectivity index (χ1n) is 8.41. The van der Waals surface area contributed by atoms with Gasteiger partial charge < -0.3 is 14.7 Å². The Labute approximate surface area is 151 Å². The predicted octanol–water partition coefficient (Wildman–Crippen LogP) is 0.965. The van der Waals surface area contributed by atoms with Crippen LogP contribution in [0.5, 0.6) is 5.75 Å². The lowest BCUT2D eigenvalue weighted by Crippen LogP contribution is -3.14. The van der Waals surface area contributed by atoms with Crippen molar-refractivity contribution in [2.45, 2.75) is 25.4 Å². The van der Waals surface area contributed by atoms with Crippen LogP contribution < -0.4 is 15.0 Å². The zero-order chi connectivity index (χ0) is 17.9. The molecule has 0 aliphatic carbocycles. The molecule has 1 amide bonds. The van der Waals surface area contributed by atoms with Gasteiger partial charge in [0.2, 0.25) is 0 Å². The van der Waals surface area contributed by atoms with E-state index in [4.69, 9.17) is 4.74 Å². The van der Waals surface area contributed by atoms with Gasteiger partial charge in [-0.2, -0.15) is 0 Å². The van der Waals surface area contributed by atoms with E-state index in [0.717, 1.165) is 29.3 Å². The molecule has 1 aromatic carbocycles. The third-order valence-corrected chi connectivity index (χ3v) is 5.52. The first-order chi connectivity index (χ1) is 12.0. The summed E-state index contributed by atoms with van der Waals surface area (Å²) in [6.45, 7) is 3.88. The molecule has 0 atom stereocenters. The van der Waals surface area contributed by atoms with Crippen molar-refractivity contribution < 1.29 is 19.5 Å². The number of nitrogens with one attached hydrogen (secondary N) is 2. The number of aliphatic hydroxyl groups is 1. The van der Waals surface area contributed by atoms with E-state index in [9.17, 15) is 9.90 Å². The Morgan fingerprint density at radius 3 is 2.60 bits per heavy atom. The van der Waals surface area contributed by atoms with Gasteiger partial charge in [0.05, 0.1) is 20.2 Å². The molecule has 3 rings (SSSR count). The zero-order valence-electron chi connectivity index (χ0n) is 14.5. The number of rotatable bonds is 5. The normalized spacial score (nSPS) is 23.2. The van der Waals surface area contributed by atoms with Gasteiger partial charge in [-0.1, -0.05) is 12.1 Å². The van der Waals surface area contributed by atoms with E-state index < -0.39 is 5.60 Å². The summed E-state index contributed by atoms with van der Waals surface area (Å²) < 4.78 is 5.17. The van der Waals surface area contributed by atoms with E-state index in [2.05, 4.69) is 10.3 Å². The number of hydrogen-bond acceptors (Lipinski definition) is 5. The number of likely N-dealkylation sites (tertiary alicyclic amines) is 1. The summed E-state index contributed by atoms with van der Waals surface area (Å²) in [5.74, 6) is 0.753. The van der Waals surface area contributed by atoms with Crippen molar-refractivity contribution in [2.24, 2.45) is 0 Å². The van der Waals surface area contributed by atoms with Gasteiger partial charge in [-0.05, 0) is 24.6 Å². The van der Waals surface area contributed by atoms with Crippen molar-refractivity contribution in [1.82, 2.24) is 4.98 Å². The molecular formula is C18H24N3O3S+. The van der Waals surface area contributed by atoms with Crippen LogP contribution in [0.15, 0.2) is 30.5 Å². The van der Waals surface area contributed by atoms with E-state index >= 15 is 0 Å². The van der Waals surface area contributed by atoms with Crippen molar-refractivity contribution >= 4 is 22.4 Å². The quantitative estimate of drug-likeness (QED) is 0.741. The number of piperidine rings is 1. The molecular weight excluding hydrogens is 338 g/mol. The fourth-order valence-electron chi connectivity index (χ4n) is 3.19. The van der Waals surface area contributed by atoms with Crippen LogP contribution in [-0.2, 0) is 10.4 Å². The lowest BCUT2D eigenvalue weighted by molar-refractivity contribution is -0.899. The van der Waals surface area contributed by atoms with Gasteiger partial charge in [0.15, 0.2) is 11.7 Å². The lowest BCUT2D eigenvalue weighted by Gasteiger charge is -2.36. The van der Waals surface area contributed by atoms with Gasteiger partial charge in [0.1, 0.15) is 11.4 Å². The number of thiazole rings is 1. The van der Waals surface area contributed by atoms with Crippen LogP contribution in [0.25, 0.3) is 0 Å². The topological polar surface area (TPSA) is 75.9 Å². The number of hydrogen-bond donors (Lipinski definition) is 3. The molecule has 0 saturated carbocycles. The van der Waals surface area contributed by atoms with Crippen LogP contribution in [0.1, 0.15) is 23.3 Å². The van der Waals surface area contributed by atoms with Gasteiger partial charge in [-0.25, -0.2) is 4.98 Å². The van der Waals surface area contributed by atoms with Crippen molar-refractivity contribution in [1.29, 1.82) is 0 Å². The third kappa shape index (κ3) is 4.36. The Hall–Kier alpha value is -1.96. The molecule has 2 aromatic rings. The number of aryl methyl sites for hydroxylation is 1. The van der Waals surface area contributed by atoms with Crippen molar-refractivity contribution in [3.05, 3.63) is 40.9 Å². The minimum Gasteiger partial charge on any atom is -0.497 e. The second kappa shape index (κ2) is 7.51. The fraction of sp³-hybridized carbons (Fsp3) is 0.444. The average Bonchev–Trinajstić information content (AvgIpc) is 3.02. The third-order valence-electron chi connectivity index (χ3n) is 4.69. The molecule has 1 aliphatic rings. The molecule has 134 valence electrons. The average molecular weight is 362 g/mol. The Balaban J connectivity index is 1.52. The number of carbonyl (C=O) groups is 1. The first-order valence-corrected chi connectivity index (χ1v) is 9.23. The standard InChI is InChI=1S/C18H23N3O3S/c1-13-11-19-17(25-13)20-16(22)12-21-9-7-18(23,8-10-21)14-3-5-15(24-2)6-4-14/h3-6,11,23H,7-10,12H2,1-2H3,(H,19,20,22)/p+1. The molecule has 0 radical (unpaired) electrons. The molecule has 25 heavy (non-hydrogen) atoms. The van der Waals surface area contributed by atoms with E-state index in [-0.39, 0.29) is 5.91 Å². The monoisotopic (exact) mass is 362 g/mol. The van der Waals surface area contributed by atoms with Gasteiger partial charge in [-0.15, -0.1) is 11.3 Å². The molecule has 1 aromatic heterocycles. The van der Waals surface area contributed by atoms with E-state index in [0.29, 0.717) is 24.5 Å². The second-order valence-electron chi connectivity index (χ2n) is 6.51. The minimum absolute atomic E-state index is 0.0285. The van der Waals surface area contributed by atoms with E-state index in [1.165, 1.54) is 16.2 Å². The molecule has 1 fully saturated rings. The van der Waals surface area contributed by atoms with Crippen molar-refractivity contribution in [3.8, 4) is 5.75 Å². The largest absolute Gasteiger partial charge is 0.497 e. The van der Waals surface area contributed by atoms with Gasteiger partial charge in [0.25, 0.3) is 5.91 Å². The number of benzene rings is 1. The molecule has 0 spiro atoms. The van der Waals surface area contributed by atoms with Gasteiger partial charge in [-0.3, -0.25) is 10.1 Å². The highest BCUT2D eigenvalue weighted by Crippen LogP contribution is 2.30. The van der Waals surface area contributed by atoms with Crippen LogP contribution >= 0.6 is 11.3 Å². The first kappa shape index (κ1) is 17.8. The SMILES string of the molecule is COc1ccc(C2(O)CC[NH+](CC(=O)Nc3ncc(C)s3)CC2)cc1. The van der Waals surface area contributed by atoms with Crippen molar-refractivity contribution in [3.63, 3.8) is 0 Å². The highest BCUT2D eigenvalue weighted by molar-refractivity contribution is 7.15. The second-order valence-corrected chi connectivity index (χ2v) is 7.75. The number of carbonyl (C=O) groups excluding carboxylic acids is 1. The zero-order valence-corrected chi connectivity index (χ0v) is 15.4. The summed E-state index contributed by atoms with van der Waals surface area (Å²) in [4.78, 5) is 18.6. The van der Waals surface area contributed by atoms with Gasteiger partial charge in [0, 0.05) is 23.9 Å². The summed E-state index contributed by atoms with van der Waals surface area (Å²) in [7, 11) is 1.63. The number of methoxy groups -OCH3 is 1. The van der Waals surface area contributed by atoms with Crippen LogP contribution in [0.3, 0.4) is 0 Å². The summed E-state index contributed by atoms with van der Waals surface area (Å²) in [6, 6.07) is 7.58. The summed E-state index contributed by atoms with van der Waals surface area (Å²) in [5.41, 5.74) is 0.0913. The molecule has 1 aliphatic heterocycles. The number of nitrogens with zero attached hydrogens (tertiary/aromatic N) is 1. The highest BCUT2D eigenvalue weighted by atomic mass is 32.1. The number of amides is 1. The smallest absolute Gasteiger partial charge is 0.281 e. The van der Waals surface area contributed by atoms with Crippen LogP contribution in [0.4, 0.5) is 5.13 Å². The summed E-state index contributed by atoms with van der Waals surface area (Å²) in [6.07, 6.45) is 3.03. The highest BCUT2D eigenvalue weighted by Gasteiger charge is 2.36. The lowest BCUT2D eigenvalue weighted by atomic mass is 9.84. The summed E-state index contributed by atoms with van der Waals surface area (Å²) >= 11 is 1.48. The van der Waals surface area contributed by atoms with Crippen LogP contribution in [-0.4, -0.2) is 42.7 Å². The maximum Gasteiger partial charge on any atom is 0.281 e. The molecule has 0 bridgehead atoms. The number of anilines is 1. The Morgan fingerprint density at radius 1 is 1.36 bits per heavy atom.